The van der Waals surface area contributed by atoms with Crippen molar-refractivity contribution in [3.8, 4) is 11.5 Å². The molecule has 1 atom stereocenters. The van der Waals surface area contributed by atoms with Crippen LogP contribution in [0.1, 0.15) is 15.9 Å². The zero-order valence-corrected chi connectivity index (χ0v) is 13.5. The molecule has 0 fully saturated rings. The zero-order chi connectivity index (χ0) is 16.7. The Kier molecular flexibility index (Phi) is 6.17. The van der Waals surface area contributed by atoms with E-state index in [4.69, 9.17) is 14.6 Å². The van der Waals surface area contributed by atoms with Crippen LogP contribution in [-0.2, 0) is 16.6 Å². The first-order valence-electron chi connectivity index (χ1n) is 7.02. The van der Waals surface area contributed by atoms with E-state index in [1.807, 2.05) is 0 Å². The molecule has 2 rings (SSSR count). The molecule has 0 saturated carbocycles. The molecule has 0 aromatic heterocycles. The van der Waals surface area contributed by atoms with Gasteiger partial charge >= 0.3 is 5.97 Å². The van der Waals surface area contributed by atoms with E-state index in [1.54, 1.807) is 49.6 Å². The van der Waals surface area contributed by atoms with Crippen LogP contribution < -0.4 is 9.47 Å². The molecular weight excluding hydrogens is 316 g/mol. The monoisotopic (exact) mass is 334 g/mol. The number of rotatable bonds is 8. The predicted molar refractivity (Wildman–Crippen MR) is 88.6 cm³/mol. The first-order valence-corrected chi connectivity index (χ1v) is 8.51. The largest absolute Gasteiger partial charge is 0.497 e. The van der Waals surface area contributed by atoms with Crippen molar-refractivity contribution in [2.24, 2.45) is 0 Å². The van der Waals surface area contributed by atoms with Crippen LogP contribution >= 0.6 is 0 Å². The Morgan fingerprint density at radius 1 is 1.13 bits per heavy atom. The van der Waals surface area contributed by atoms with Gasteiger partial charge in [0.1, 0.15) is 11.5 Å². The Morgan fingerprint density at radius 3 is 2.48 bits per heavy atom. The number of methoxy groups -OCH3 is 1. The van der Waals surface area contributed by atoms with Gasteiger partial charge in [-0.3, -0.25) is 4.21 Å². The molecule has 5 nitrogen and oxygen atoms in total. The van der Waals surface area contributed by atoms with Crippen LogP contribution in [0.4, 0.5) is 0 Å². The van der Waals surface area contributed by atoms with Gasteiger partial charge in [0.15, 0.2) is 0 Å². The number of benzene rings is 2. The molecule has 0 heterocycles. The molecule has 122 valence electrons. The molecule has 0 amide bonds. The minimum Gasteiger partial charge on any atom is -0.497 e. The molecule has 1 unspecified atom stereocenters. The quantitative estimate of drug-likeness (QED) is 0.803. The maximum atomic E-state index is 12.0. The molecule has 2 aromatic carbocycles. The maximum Gasteiger partial charge on any atom is 0.335 e. The average molecular weight is 334 g/mol. The van der Waals surface area contributed by atoms with E-state index in [0.717, 1.165) is 11.3 Å². The number of hydrogen-bond donors (Lipinski definition) is 1. The number of hydrogen-bond acceptors (Lipinski definition) is 4. The highest BCUT2D eigenvalue weighted by Crippen LogP contribution is 2.17. The van der Waals surface area contributed by atoms with Gasteiger partial charge < -0.3 is 14.6 Å². The lowest BCUT2D eigenvalue weighted by atomic mass is 10.1. The lowest BCUT2D eigenvalue weighted by Crippen LogP contribution is -2.10. The highest BCUT2D eigenvalue weighted by Gasteiger charge is 2.07. The first kappa shape index (κ1) is 17.0. The van der Waals surface area contributed by atoms with Gasteiger partial charge in [-0.1, -0.05) is 12.1 Å². The van der Waals surface area contributed by atoms with E-state index < -0.39 is 16.8 Å². The van der Waals surface area contributed by atoms with Gasteiger partial charge in [-0.05, 0) is 42.0 Å². The van der Waals surface area contributed by atoms with E-state index >= 15 is 0 Å². The molecule has 0 radical (unpaired) electrons. The van der Waals surface area contributed by atoms with Crippen LogP contribution in [0.25, 0.3) is 0 Å². The normalized spacial score (nSPS) is 11.7. The van der Waals surface area contributed by atoms with E-state index in [9.17, 15) is 9.00 Å². The standard InChI is InChI=1S/C17H18O5S/c1-21-15-5-7-16(8-6-15)22-9-10-23(20)12-13-3-2-4-14(11-13)17(18)19/h2-8,11H,9-10,12H2,1H3,(H,18,19). The Morgan fingerprint density at radius 2 is 1.83 bits per heavy atom. The fourth-order valence-electron chi connectivity index (χ4n) is 1.98. The summed E-state index contributed by atoms with van der Waals surface area (Å²) in [6.07, 6.45) is 0. The third-order valence-corrected chi connectivity index (χ3v) is 4.42. The summed E-state index contributed by atoms with van der Waals surface area (Å²) in [6, 6.07) is 13.7. The van der Waals surface area contributed by atoms with Crippen LogP contribution in [0.15, 0.2) is 48.5 Å². The minimum absolute atomic E-state index is 0.203. The number of aromatic carboxylic acids is 1. The summed E-state index contributed by atoms with van der Waals surface area (Å²) in [4.78, 5) is 10.9. The van der Waals surface area contributed by atoms with Crippen molar-refractivity contribution in [3.05, 3.63) is 59.7 Å². The Bertz CT molecular complexity index is 682. The topological polar surface area (TPSA) is 72.8 Å². The van der Waals surface area contributed by atoms with Crippen molar-refractivity contribution in [2.75, 3.05) is 19.5 Å². The molecule has 2 aromatic rings. The summed E-state index contributed by atoms with van der Waals surface area (Å²) in [5, 5.41) is 8.94. The molecule has 0 aliphatic rings. The van der Waals surface area contributed by atoms with E-state index in [-0.39, 0.29) is 5.56 Å². The summed E-state index contributed by atoms with van der Waals surface area (Å²) in [7, 11) is 0.481. The molecule has 0 aliphatic carbocycles. The molecule has 6 heteroatoms. The number of carbonyl (C=O) groups is 1. The smallest absolute Gasteiger partial charge is 0.335 e. The highest BCUT2D eigenvalue weighted by atomic mass is 32.2. The van der Waals surface area contributed by atoms with Crippen LogP contribution in [0.3, 0.4) is 0 Å². The van der Waals surface area contributed by atoms with Gasteiger partial charge in [0.05, 0.1) is 25.0 Å². The van der Waals surface area contributed by atoms with Crippen molar-refractivity contribution in [3.63, 3.8) is 0 Å². The Hall–Kier alpha value is -2.34. The van der Waals surface area contributed by atoms with Crippen LogP contribution in [-0.4, -0.2) is 34.8 Å². The van der Waals surface area contributed by atoms with Crippen molar-refractivity contribution in [1.29, 1.82) is 0 Å². The number of carboxylic acid groups (broad SMARTS) is 1. The Balaban J connectivity index is 1.80. The zero-order valence-electron chi connectivity index (χ0n) is 12.7. The number of ether oxygens (including phenoxy) is 2. The van der Waals surface area contributed by atoms with Gasteiger partial charge in [-0.25, -0.2) is 4.79 Å². The molecule has 1 N–H and O–H groups in total. The van der Waals surface area contributed by atoms with Gasteiger partial charge in [0.2, 0.25) is 0 Å². The second-order valence-corrected chi connectivity index (χ2v) is 6.39. The minimum atomic E-state index is -1.11. The lowest BCUT2D eigenvalue weighted by Gasteiger charge is -2.07. The summed E-state index contributed by atoms with van der Waals surface area (Å²) in [5.74, 6) is 1.14. The summed E-state index contributed by atoms with van der Waals surface area (Å²) < 4.78 is 22.6. The summed E-state index contributed by atoms with van der Waals surface area (Å²) in [6.45, 7) is 0.331. The van der Waals surface area contributed by atoms with Gasteiger partial charge in [0, 0.05) is 16.6 Å². The molecular formula is C17H18O5S. The van der Waals surface area contributed by atoms with E-state index in [1.165, 1.54) is 6.07 Å². The first-order chi connectivity index (χ1) is 11.1. The predicted octanol–water partition coefficient (Wildman–Crippen LogP) is 2.72. The van der Waals surface area contributed by atoms with Gasteiger partial charge in [-0.15, -0.1) is 0 Å². The summed E-state index contributed by atoms with van der Waals surface area (Å²) >= 11 is 0. The van der Waals surface area contributed by atoms with Crippen LogP contribution in [0, 0.1) is 0 Å². The lowest BCUT2D eigenvalue weighted by molar-refractivity contribution is 0.0696. The fraction of sp³-hybridized carbons (Fsp3) is 0.235. The molecule has 0 aliphatic heterocycles. The third kappa shape index (κ3) is 5.41. The fourth-order valence-corrected chi connectivity index (χ4v) is 2.94. The Labute approximate surface area is 137 Å². The van der Waals surface area contributed by atoms with Crippen LogP contribution in [0.5, 0.6) is 11.5 Å². The van der Waals surface area contributed by atoms with Crippen molar-refractivity contribution in [2.45, 2.75) is 5.75 Å². The van der Waals surface area contributed by atoms with Crippen molar-refractivity contribution >= 4 is 16.8 Å². The second kappa shape index (κ2) is 8.33. The summed E-state index contributed by atoms with van der Waals surface area (Å²) in [5.41, 5.74) is 0.946. The molecule has 0 saturated heterocycles. The van der Waals surface area contributed by atoms with Gasteiger partial charge in [-0.2, -0.15) is 0 Å². The van der Waals surface area contributed by atoms with Crippen molar-refractivity contribution < 1.29 is 23.6 Å². The molecule has 0 bridgehead atoms. The van der Waals surface area contributed by atoms with Crippen LogP contribution in [0.2, 0.25) is 0 Å². The SMILES string of the molecule is COc1ccc(OCCS(=O)Cc2cccc(C(=O)O)c2)cc1. The second-order valence-electron chi connectivity index (χ2n) is 4.82. The third-order valence-electron chi connectivity index (χ3n) is 3.14. The average Bonchev–Trinajstić information content (AvgIpc) is 2.55. The molecule has 0 spiro atoms. The maximum absolute atomic E-state index is 12.0. The van der Waals surface area contributed by atoms with Crippen molar-refractivity contribution in [1.82, 2.24) is 0 Å². The number of carboxylic acids is 1. The van der Waals surface area contributed by atoms with E-state index in [0.29, 0.717) is 23.9 Å². The molecule has 23 heavy (non-hydrogen) atoms. The van der Waals surface area contributed by atoms with E-state index in [2.05, 4.69) is 0 Å². The highest BCUT2D eigenvalue weighted by molar-refractivity contribution is 7.84. The van der Waals surface area contributed by atoms with Gasteiger partial charge in [0.25, 0.3) is 0 Å².